The smallest absolute Gasteiger partial charge is 0.330 e. The maximum atomic E-state index is 13.7. The number of nitriles is 1. The van der Waals surface area contributed by atoms with Gasteiger partial charge in [0, 0.05) is 25.0 Å². The first-order valence-corrected chi connectivity index (χ1v) is 29.4. The summed E-state index contributed by atoms with van der Waals surface area (Å²) in [4.78, 5) is 129. The minimum absolute atomic E-state index is 0.0485. The maximum absolute atomic E-state index is 13.7. The van der Waals surface area contributed by atoms with Gasteiger partial charge in [-0.3, -0.25) is 38.4 Å². The molecule has 0 radical (unpaired) electrons. The average molecular weight is 1220 g/mol. The Morgan fingerprint density at radius 1 is 0.535 bits per heavy atom. The van der Waals surface area contributed by atoms with E-state index in [9.17, 15) is 53.2 Å². The van der Waals surface area contributed by atoms with E-state index in [-0.39, 0.29) is 69.3 Å². The summed E-state index contributed by atoms with van der Waals surface area (Å²) >= 11 is 2.11. The fourth-order valence-corrected chi connectivity index (χ4v) is 11.4. The number of carbonyl (C=O) groups excluding carboxylic acids is 10. The number of hydrogen-bond acceptors (Lipinski definition) is 23. The lowest BCUT2D eigenvalue weighted by Gasteiger charge is -2.26. The van der Waals surface area contributed by atoms with Crippen molar-refractivity contribution in [3.63, 3.8) is 0 Å². The molecule has 1 heterocycles. The molecule has 0 saturated heterocycles. The molecule has 6 rings (SSSR count). The van der Waals surface area contributed by atoms with Gasteiger partial charge in [0.05, 0.1) is 89.2 Å². The molecule has 24 heteroatoms. The second kappa shape index (κ2) is 33.7. The number of hydrogen-bond donors (Lipinski definition) is 0. The Morgan fingerprint density at radius 3 is 1.30 bits per heavy atom. The van der Waals surface area contributed by atoms with Crippen LogP contribution in [-0.4, -0.2) is 98.3 Å². The second-order valence-corrected chi connectivity index (χ2v) is 22.4. The van der Waals surface area contributed by atoms with E-state index in [4.69, 9.17) is 53.9 Å². The van der Waals surface area contributed by atoms with Crippen LogP contribution in [0.4, 0.5) is 0 Å². The lowest BCUT2D eigenvalue weighted by Crippen LogP contribution is -2.30. The van der Waals surface area contributed by atoms with Crippen molar-refractivity contribution >= 4 is 83.2 Å². The molecule has 3 aromatic carbocycles. The molecule has 22 nitrogen and oxygen atoms in total. The molecule has 2 aliphatic carbocycles. The van der Waals surface area contributed by atoms with Gasteiger partial charge >= 0.3 is 59.7 Å². The van der Waals surface area contributed by atoms with Crippen molar-refractivity contribution in [2.45, 2.75) is 126 Å². The van der Waals surface area contributed by atoms with Crippen LogP contribution in [0.5, 0.6) is 23.0 Å². The Hall–Kier alpha value is -8.74. The molecular weight excluding hydrogens is 1160 g/mol. The Labute approximate surface area is 505 Å². The van der Waals surface area contributed by atoms with Gasteiger partial charge in [-0.25, -0.2) is 19.7 Å². The van der Waals surface area contributed by atoms with Gasteiger partial charge < -0.3 is 47.4 Å². The van der Waals surface area contributed by atoms with E-state index in [1.54, 1.807) is 62.4 Å². The molecule has 2 unspecified atom stereocenters. The van der Waals surface area contributed by atoms with Crippen LogP contribution in [0.3, 0.4) is 0 Å². The summed E-state index contributed by atoms with van der Waals surface area (Å²) in [6.45, 7) is 17.0. The number of thioether (sulfide) groups is 2. The summed E-state index contributed by atoms with van der Waals surface area (Å²) in [7, 11) is 0. The summed E-state index contributed by atoms with van der Waals surface area (Å²) in [5.74, 6) is -6.81. The quantitative estimate of drug-likeness (QED) is 0.0163. The van der Waals surface area contributed by atoms with Crippen LogP contribution < -0.4 is 18.9 Å². The minimum atomic E-state index is -0.699. The lowest BCUT2D eigenvalue weighted by molar-refractivity contribution is -0.157. The first kappa shape index (κ1) is 66.4. The number of carbonyl (C=O) groups is 10. The standard InChI is InChI=1S/C62H64N2O20S2/c1-6-50(65)77-35-38(4)80-55(70)29-28-53(68)76-33-31-40-10-22-46(23-11-40)82-59(72)42-14-18-44(19-15-42)61(74)84-49-25-24-48(56-57(49)86-62(85-56)47(34-63)64-5)83-60(73)43-16-12-41(13-17-43)58(71)81-45-20-8-39(9-21-45)30-32-75-52(67)26-27-54(69)78-36-37(3)79-51(66)7-2/h6-11,20-25,37-38,41-44H,1-2,12-19,26-33,35-36H2,3-4H3/b62-47+. The van der Waals surface area contributed by atoms with Crippen LogP contribution in [0, 0.1) is 41.6 Å². The molecule has 86 heavy (non-hydrogen) atoms. The Bertz CT molecular complexity index is 3110. The van der Waals surface area contributed by atoms with Crippen molar-refractivity contribution in [1.29, 1.82) is 5.26 Å². The van der Waals surface area contributed by atoms with Gasteiger partial charge in [-0.05, 0) is 113 Å². The van der Waals surface area contributed by atoms with Gasteiger partial charge in [0.2, 0.25) is 0 Å². The van der Waals surface area contributed by atoms with Crippen molar-refractivity contribution in [2.75, 3.05) is 26.4 Å². The SMILES string of the molecule is [C-]#[N+]/C(C#N)=C1\Sc2c(OC(=O)C3CCC(C(=O)Oc4ccc(CCOC(=O)CCC(=O)OCC(C)OC(=O)C=C)cc4)CC3)ccc(OC(=O)C3CCC(C(=O)Oc4ccc(CCOC(=O)CCC(=O)OC(C)COC(=O)C=C)cc4)CC3)c2S1. The Morgan fingerprint density at radius 2 is 0.907 bits per heavy atom. The summed E-state index contributed by atoms with van der Waals surface area (Å²) in [6, 6.07) is 18.3. The largest absolute Gasteiger partial charge is 0.465 e. The summed E-state index contributed by atoms with van der Waals surface area (Å²) in [5.41, 5.74) is 1.42. The van der Waals surface area contributed by atoms with Crippen LogP contribution in [0.2, 0.25) is 0 Å². The number of allylic oxidation sites excluding steroid dienone is 1. The van der Waals surface area contributed by atoms with E-state index in [0.29, 0.717) is 89.7 Å². The summed E-state index contributed by atoms with van der Waals surface area (Å²) in [5, 5.41) is 9.71. The van der Waals surface area contributed by atoms with Crippen molar-refractivity contribution in [2.24, 2.45) is 23.7 Å². The number of esters is 10. The molecule has 0 amide bonds. The average Bonchev–Trinajstić information content (AvgIpc) is 1.89. The van der Waals surface area contributed by atoms with E-state index in [1.807, 2.05) is 6.07 Å². The van der Waals surface area contributed by atoms with E-state index in [0.717, 1.165) is 46.8 Å². The molecule has 3 aliphatic rings. The van der Waals surface area contributed by atoms with Gasteiger partial charge in [-0.2, -0.15) is 0 Å². The monoisotopic (exact) mass is 1220 g/mol. The maximum Gasteiger partial charge on any atom is 0.330 e. The predicted molar refractivity (Wildman–Crippen MR) is 305 cm³/mol. The third kappa shape index (κ3) is 21.1. The molecule has 454 valence electrons. The van der Waals surface area contributed by atoms with Gasteiger partial charge in [0.15, 0.2) is 0 Å². The van der Waals surface area contributed by atoms with Crippen LogP contribution in [0.25, 0.3) is 4.85 Å². The van der Waals surface area contributed by atoms with Gasteiger partial charge in [0.25, 0.3) is 5.70 Å². The predicted octanol–water partition coefficient (Wildman–Crippen LogP) is 9.18. The minimum Gasteiger partial charge on any atom is -0.465 e. The fraction of sp³-hybridized carbons (Fsp3) is 0.419. The molecule has 0 N–H and O–H groups in total. The molecule has 0 spiro atoms. The first-order valence-electron chi connectivity index (χ1n) is 27.7. The van der Waals surface area contributed by atoms with Crippen LogP contribution in [0.15, 0.2) is 106 Å². The Kier molecular flexibility index (Phi) is 26.0. The van der Waals surface area contributed by atoms with Crippen molar-refractivity contribution in [1.82, 2.24) is 0 Å². The third-order valence-electron chi connectivity index (χ3n) is 13.6. The molecule has 0 aromatic heterocycles. The van der Waals surface area contributed by atoms with Crippen molar-refractivity contribution < 1.29 is 95.3 Å². The molecule has 2 atom stereocenters. The van der Waals surface area contributed by atoms with Crippen molar-refractivity contribution in [3.8, 4) is 29.1 Å². The second-order valence-electron chi connectivity index (χ2n) is 20.1. The van der Waals surface area contributed by atoms with E-state index in [1.165, 1.54) is 12.1 Å². The number of rotatable bonds is 28. The van der Waals surface area contributed by atoms with E-state index < -0.39 is 95.6 Å². The third-order valence-corrected chi connectivity index (χ3v) is 16.2. The number of nitrogens with zero attached hydrogens (tertiary/aromatic N) is 2. The molecular formula is C62H64N2O20S2. The van der Waals surface area contributed by atoms with E-state index >= 15 is 0 Å². The van der Waals surface area contributed by atoms with Crippen LogP contribution in [0.1, 0.15) is 102 Å². The van der Waals surface area contributed by atoms with Gasteiger partial charge in [-0.1, -0.05) is 60.9 Å². The normalized spacial score (nSPS) is 18.0. The highest BCUT2D eigenvalue weighted by molar-refractivity contribution is 8.24. The zero-order valence-electron chi connectivity index (χ0n) is 47.4. The van der Waals surface area contributed by atoms with E-state index in [2.05, 4.69) is 18.0 Å². The lowest BCUT2D eigenvalue weighted by atomic mass is 9.82. The molecule has 3 aromatic rings. The van der Waals surface area contributed by atoms with Gasteiger partial charge in [-0.15, -0.1) is 0 Å². The van der Waals surface area contributed by atoms with Crippen LogP contribution in [-0.2, 0) is 89.2 Å². The highest BCUT2D eigenvalue weighted by Crippen LogP contribution is 2.59. The number of ether oxygens (including phenoxy) is 10. The number of fused-ring (bicyclic) bond motifs is 1. The first-order chi connectivity index (χ1) is 41.3. The summed E-state index contributed by atoms with van der Waals surface area (Å²) < 4.78 is 53.8. The van der Waals surface area contributed by atoms with Crippen molar-refractivity contribution in [3.05, 3.63) is 118 Å². The topological polar surface area (TPSA) is 291 Å². The Balaban J connectivity index is 0.900. The molecule has 0 bridgehead atoms. The molecule has 2 saturated carbocycles. The molecule has 2 fully saturated rings. The fourth-order valence-electron chi connectivity index (χ4n) is 8.92. The zero-order valence-corrected chi connectivity index (χ0v) is 49.0. The zero-order chi connectivity index (χ0) is 62.1. The highest BCUT2D eigenvalue weighted by Gasteiger charge is 2.37. The summed E-state index contributed by atoms with van der Waals surface area (Å²) in [6.07, 6.45) is 3.35. The molecule has 1 aliphatic heterocycles. The number of benzene rings is 3. The van der Waals surface area contributed by atoms with Crippen LogP contribution >= 0.6 is 23.5 Å². The van der Waals surface area contributed by atoms with Gasteiger partial charge in [0.1, 0.15) is 48.4 Å². The highest BCUT2D eigenvalue weighted by atomic mass is 32.2.